The number of unbranched alkanes of at least 4 members (excludes halogenated alkanes) is 2. The van der Waals surface area contributed by atoms with Gasteiger partial charge in [-0.1, -0.05) is 50.1 Å². The summed E-state index contributed by atoms with van der Waals surface area (Å²) in [6.07, 6.45) is 4.76. The van der Waals surface area contributed by atoms with Crippen LogP contribution in [0.15, 0.2) is 79.0 Å². The number of aromatic amines is 1. The predicted molar refractivity (Wildman–Crippen MR) is 144 cm³/mol. The zero-order valence-corrected chi connectivity index (χ0v) is 21.2. The van der Waals surface area contributed by atoms with Crippen molar-refractivity contribution in [1.82, 2.24) is 10.3 Å². The standard InChI is InChI=1S/C30H32FN3O3/c1-3-4-7-18-32-30(36)29(21-10-12-23(31)13-11-21)34(24-14-16-25(37-2)17-15-24)28(35)19-22-20-33-27-9-6-5-8-26(22)27/h5-6,8-17,20,29,33H,3-4,7,18-19H2,1-2H3,(H,32,36). The number of aromatic nitrogens is 1. The van der Waals surface area contributed by atoms with Gasteiger partial charge in [-0.25, -0.2) is 4.39 Å². The summed E-state index contributed by atoms with van der Waals surface area (Å²) in [7, 11) is 1.57. The third-order valence-electron chi connectivity index (χ3n) is 6.41. The van der Waals surface area contributed by atoms with Gasteiger partial charge in [-0.3, -0.25) is 14.5 Å². The number of fused-ring (bicyclic) bond motifs is 1. The predicted octanol–water partition coefficient (Wildman–Crippen LogP) is 5.94. The third-order valence-corrected chi connectivity index (χ3v) is 6.41. The number of anilines is 1. The van der Waals surface area contributed by atoms with Crippen LogP contribution in [0.5, 0.6) is 5.75 Å². The largest absolute Gasteiger partial charge is 0.497 e. The lowest BCUT2D eigenvalue weighted by Gasteiger charge is -2.32. The molecular formula is C30H32FN3O3. The molecule has 4 aromatic rings. The number of nitrogens with zero attached hydrogens (tertiary/aromatic N) is 1. The number of hydrogen-bond donors (Lipinski definition) is 2. The molecule has 2 amide bonds. The molecule has 1 atom stereocenters. The number of rotatable bonds is 11. The van der Waals surface area contributed by atoms with E-state index in [1.165, 1.54) is 17.0 Å². The molecule has 0 aliphatic rings. The number of benzene rings is 3. The molecule has 4 rings (SSSR count). The normalized spacial score (nSPS) is 11.8. The Balaban J connectivity index is 1.74. The fourth-order valence-electron chi connectivity index (χ4n) is 4.45. The number of ether oxygens (including phenoxy) is 1. The van der Waals surface area contributed by atoms with Crippen molar-refractivity contribution in [2.45, 2.75) is 38.6 Å². The number of carbonyl (C=O) groups is 2. The van der Waals surface area contributed by atoms with Crippen molar-refractivity contribution in [3.63, 3.8) is 0 Å². The van der Waals surface area contributed by atoms with Crippen LogP contribution in [0, 0.1) is 5.82 Å². The Bertz CT molecular complexity index is 1330. The molecule has 0 radical (unpaired) electrons. The van der Waals surface area contributed by atoms with Gasteiger partial charge in [-0.2, -0.15) is 0 Å². The Morgan fingerprint density at radius 1 is 1.00 bits per heavy atom. The quantitative estimate of drug-likeness (QED) is 0.250. The Hall–Kier alpha value is -4.13. The van der Waals surface area contributed by atoms with E-state index in [-0.39, 0.29) is 18.2 Å². The molecule has 1 heterocycles. The summed E-state index contributed by atoms with van der Waals surface area (Å²) in [5.74, 6) is -0.346. The number of hydrogen-bond acceptors (Lipinski definition) is 3. The van der Waals surface area contributed by atoms with Gasteiger partial charge in [0.15, 0.2) is 0 Å². The molecule has 0 saturated carbocycles. The Kier molecular flexibility index (Phi) is 8.56. The molecular weight excluding hydrogens is 469 g/mol. The number of methoxy groups -OCH3 is 1. The lowest BCUT2D eigenvalue weighted by atomic mass is 10.0. The molecule has 192 valence electrons. The number of para-hydroxylation sites is 1. The minimum Gasteiger partial charge on any atom is -0.497 e. The van der Waals surface area contributed by atoms with Crippen molar-refractivity contribution < 1.29 is 18.7 Å². The Morgan fingerprint density at radius 2 is 1.73 bits per heavy atom. The summed E-state index contributed by atoms with van der Waals surface area (Å²) in [5.41, 5.74) is 2.84. The van der Waals surface area contributed by atoms with Crippen molar-refractivity contribution >= 4 is 28.4 Å². The van der Waals surface area contributed by atoms with Gasteiger partial charge >= 0.3 is 0 Å². The number of nitrogens with one attached hydrogen (secondary N) is 2. The van der Waals surface area contributed by atoms with Crippen LogP contribution in [0.25, 0.3) is 10.9 Å². The van der Waals surface area contributed by atoms with Crippen LogP contribution >= 0.6 is 0 Å². The first kappa shape index (κ1) is 25.9. The van der Waals surface area contributed by atoms with E-state index in [4.69, 9.17) is 4.74 Å². The van der Waals surface area contributed by atoms with E-state index >= 15 is 0 Å². The average molecular weight is 502 g/mol. The summed E-state index contributed by atoms with van der Waals surface area (Å²) in [6, 6.07) is 19.5. The molecule has 0 spiro atoms. The van der Waals surface area contributed by atoms with Crippen LogP contribution in [0.2, 0.25) is 0 Å². The topological polar surface area (TPSA) is 74.4 Å². The van der Waals surface area contributed by atoms with E-state index in [9.17, 15) is 14.0 Å². The lowest BCUT2D eigenvalue weighted by molar-refractivity contribution is -0.126. The summed E-state index contributed by atoms with van der Waals surface area (Å²) in [6.45, 7) is 2.59. The maximum Gasteiger partial charge on any atom is 0.247 e. The Labute approximate surface area is 216 Å². The van der Waals surface area contributed by atoms with Crippen LogP contribution < -0.4 is 15.0 Å². The van der Waals surface area contributed by atoms with E-state index in [0.717, 1.165) is 35.7 Å². The summed E-state index contributed by atoms with van der Waals surface area (Å²) in [5, 5.41) is 3.94. The van der Waals surface area contributed by atoms with Gasteiger partial charge in [0.1, 0.15) is 17.6 Å². The second kappa shape index (κ2) is 12.2. The second-order valence-corrected chi connectivity index (χ2v) is 8.95. The minimum atomic E-state index is -0.978. The molecule has 2 N–H and O–H groups in total. The molecule has 0 aliphatic carbocycles. The fraction of sp³-hybridized carbons (Fsp3) is 0.267. The summed E-state index contributed by atoms with van der Waals surface area (Å²) < 4.78 is 19.1. The maximum absolute atomic E-state index is 14.0. The molecule has 0 fully saturated rings. The average Bonchev–Trinajstić information content (AvgIpc) is 3.33. The molecule has 6 nitrogen and oxygen atoms in total. The molecule has 1 unspecified atom stereocenters. The zero-order valence-electron chi connectivity index (χ0n) is 21.2. The minimum absolute atomic E-state index is 0.0802. The molecule has 0 saturated heterocycles. The zero-order chi connectivity index (χ0) is 26.2. The van der Waals surface area contributed by atoms with Gasteiger partial charge in [0.05, 0.1) is 13.5 Å². The maximum atomic E-state index is 14.0. The lowest BCUT2D eigenvalue weighted by Crippen LogP contribution is -2.45. The van der Waals surface area contributed by atoms with Gasteiger partial charge in [-0.05, 0) is 60.0 Å². The van der Waals surface area contributed by atoms with Gasteiger partial charge in [-0.15, -0.1) is 0 Å². The van der Waals surface area contributed by atoms with Gasteiger partial charge in [0, 0.05) is 29.3 Å². The van der Waals surface area contributed by atoms with Gasteiger partial charge < -0.3 is 15.0 Å². The summed E-state index contributed by atoms with van der Waals surface area (Å²) >= 11 is 0. The number of halogens is 1. The van der Waals surface area contributed by atoms with Crippen LogP contribution in [-0.4, -0.2) is 30.5 Å². The molecule has 0 bridgehead atoms. The van der Waals surface area contributed by atoms with Crippen molar-refractivity contribution in [1.29, 1.82) is 0 Å². The van der Waals surface area contributed by atoms with E-state index in [1.807, 2.05) is 30.5 Å². The number of carbonyl (C=O) groups excluding carboxylic acids is 2. The highest BCUT2D eigenvalue weighted by molar-refractivity contribution is 6.03. The first-order valence-electron chi connectivity index (χ1n) is 12.6. The van der Waals surface area contributed by atoms with E-state index in [2.05, 4.69) is 17.2 Å². The highest BCUT2D eigenvalue weighted by Gasteiger charge is 2.33. The van der Waals surface area contributed by atoms with Crippen LogP contribution in [0.4, 0.5) is 10.1 Å². The summed E-state index contributed by atoms with van der Waals surface area (Å²) in [4.78, 5) is 32.3. The second-order valence-electron chi connectivity index (χ2n) is 8.95. The van der Waals surface area contributed by atoms with Crippen molar-refractivity contribution in [2.75, 3.05) is 18.6 Å². The van der Waals surface area contributed by atoms with Crippen molar-refractivity contribution in [3.8, 4) is 5.75 Å². The van der Waals surface area contributed by atoms with E-state index < -0.39 is 11.9 Å². The molecule has 7 heteroatoms. The fourth-order valence-corrected chi connectivity index (χ4v) is 4.45. The SMILES string of the molecule is CCCCCNC(=O)C(c1ccc(F)cc1)N(C(=O)Cc1c[nH]c2ccccc12)c1ccc(OC)cc1. The van der Waals surface area contributed by atoms with Crippen LogP contribution in [-0.2, 0) is 16.0 Å². The van der Waals surface area contributed by atoms with Gasteiger partial charge in [0.25, 0.3) is 0 Å². The smallest absolute Gasteiger partial charge is 0.247 e. The Morgan fingerprint density at radius 3 is 2.43 bits per heavy atom. The highest BCUT2D eigenvalue weighted by Crippen LogP contribution is 2.31. The van der Waals surface area contributed by atoms with Crippen molar-refractivity contribution in [2.24, 2.45) is 0 Å². The highest BCUT2D eigenvalue weighted by atomic mass is 19.1. The number of H-pyrrole nitrogens is 1. The number of amides is 2. The molecule has 3 aromatic carbocycles. The first-order chi connectivity index (χ1) is 18.0. The molecule has 1 aromatic heterocycles. The van der Waals surface area contributed by atoms with Gasteiger partial charge in [0.2, 0.25) is 11.8 Å². The van der Waals surface area contributed by atoms with Crippen LogP contribution in [0.3, 0.4) is 0 Å². The molecule has 37 heavy (non-hydrogen) atoms. The van der Waals surface area contributed by atoms with E-state index in [1.54, 1.807) is 43.5 Å². The van der Waals surface area contributed by atoms with Crippen LogP contribution in [0.1, 0.15) is 43.4 Å². The first-order valence-corrected chi connectivity index (χ1v) is 12.6. The monoisotopic (exact) mass is 501 g/mol. The third kappa shape index (κ3) is 6.17. The molecule has 0 aliphatic heterocycles. The van der Waals surface area contributed by atoms with Crippen molar-refractivity contribution in [3.05, 3.63) is 95.9 Å². The van der Waals surface area contributed by atoms with E-state index in [0.29, 0.717) is 23.5 Å².